The Balaban J connectivity index is 2.56. The first-order valence-corrected chi connectivity index (χ1v) is 4.61. The fourth-order valence-corrected chi connectivity index (χ4v) is 1.25. The zero-order chi connectivity index (χ0) is 14.2. The summed E-state index contributed by atoms with van der Waals surface area (Å²) in [6.07, 6.45) is -3.45. The van der Waals surface area contributed by atoms with E-state index in [9.17, 15) is 22.8 Å². The third kappa shape index (κ3) is 2.29. The molecule has 0 bridgehead atoms. The molecule has 0 aliphatic heterocycles. The number of carbonyl (C=O) groups is 2. The van der Waals surface area contributed by atoms with Crippen molar-refractivity contribution in [2.24, 2.45) is 0 Å². The largest absolute Gasteiger partial charge is 0.478 e. The number of carboxylic acid groups (broad SMARTS) is 1. The molecule has 2 heterocycles. The minimum Gasteiger partial charge on any atom is -0.478 e. The number of nitrogens with one attached hydrogen (secondary N) is 1. The Morgan fingerprint density at radius 1 is 1.37 bits per heavy atom. The van der Waals surface area contributed by atoms with Gasteiger partial charge in [0.25, 0.3) is 5.78 Å². The van der Waals surface area contributed by atoms with Crippen molar-refractivity contribution in [2.75, 3.05) is 5.32 Å². The molecular formula is C8H4F3N5O3. The van der Waals surface area contributed by atoms with Crippen molar-refractivity contribution in [1.82, 2.24) is 19.6 Å². The molecule has 0 aliphatic rings. The van der Waals surface area contributed by atoms with E-state index in [-0.39, 0.29) is 5.78 Å². The van der Waals surface area contributed by atoms with E-state index < -0.39 is 29.4 Å². The van der Waals surface area contributed by atoms with E-state index in [2.05, 4.69) is 15.2 Å². The summed E-state index contributed by atoms with van der Waals surface area (Å²) in [5.41, 5.74) is -0.620. The zero-order valence-electron chi connectivity index (χ0n) is 8.84. The van der Waals surface area contributed by atoms with E-state index in [1.807, 2.05) is 0 Å². The number of alkyl halides is 3. The first kappa shape index (κ1) is 12.7. The predicted octanol–water partition coefficient (Wildman–Crippen LogP) is 0.323. The van der Waals surface area contributed by atoms with Crippen LogP contribution in [0.25, 0.3) is 5.78 Å². The van der Waals surface area contributed by atoms with Crippen LogP contribution in [0.15, 0.2) is 12.5 Å². The van der Waals surface area contributed by atoms with Crippen molar-refractivity contribution in [2.45, 2.75) is 6.18 Å². The highest BCUT2D eigenvalue weighted by Gasteiger charge is 2.39. The molecule has 8 nitrogen and oxygen atoms in total. The molecule has 100 valence electrons. The summed E-state index contributed by atoms with van der Waals surface area (Å²) in [7, 11) is 0. The second-order valence-corrected chi connectivity index (χ2v) is 3.28. The lowest BCUT2D eigenvalue weighted by Gasteiger charge is -2.11. The van der Waals surface area contributed by atoms with Crippen molar-refractivity contribution in [3.63, 3.8) is 0 Å². The number of aromatic carboxylic acids is 1. The van der Waals surface area contributed by atoms with Gasteiger partial charge in [0.15, 0.2) is 0 Å². The first-order chi connectivity index (χ1) is 8.80. The molecule has 19 heavy (non-hydrogen) atoms. The van der Waals surface area contributed by atoms with E-state index in [1.165, 1.54) is 5.32 Å². The van der Waals surface area contributed by atoms with E-state index in [4.69, 9.17) is 5.11 Å². The molecule has 0 atom stereocenters. The first-order valence-electron chi connectivity index (χ1n) is 4.61. The lowest BCUT2D eigenvalue weighted by molar-refractivity contribution is -0.167. The van der Waals surface area contributed by atoms with Crippen molar-refractivity contribution in [1.29, 1.82) is 0 Å². The highest BCUT2D eigenvalue weighted by molar-refractivity contribution is 6.01. The Morgan fingerprint density at radius 2 is 2.05 bits per heavy atom. The standard InChI is InChI=1S/C8H4F3N5O3/c9-8(10,11)6(19)14-4-3(5(17)18)1-12-7-15-13-2-16(4)7/h1-2H,(H,14,19)(H,17,18). The average Bonchev–Trinajstić information content (AvgIpc) is 2.75. The summed E-state index contributed by atoms with van der Waals surface area (Å²) >= 11 is 0. The predicted molar refractivity (Wildman–Crippen MR) is 52.4 cm³/mol. The van der Waals surface area contributed by atoms with E-state index in [1.54, 1.807) is 0 Å². The summed E-state index contributed by atoms with van der Waals surface area (Å²) in [6.45, 7) is 0. The number of rotatable bonds is 2. The third-order valence-corrected chi connectivity index (χ3v) is 2.05. The molecule has 2 rings (SSSR count). The van der Waals surface area contributed by atoms with Gasteiger partial charge in [-0.3, -0.25) is 9.20 Å². The number of nitrogens with zero attached hydrogens (tertiary/aromatic N) is 4. The summed E-state index contributed by atoms with van der Waals surface area (Å²) in [6, 6.07) is 0. The molecule has 0 radical (unpaired) electrons. The number of amides is 1. The van der Waals surface area contributed by atoms with Crippen LogP contribution in [0.5, 0.6) is 0 Å². The van der Waals surface area contributed by atoms with Crippen molar-refractivity contribution >= 4 is 23.5 Å². The molecule has 0 aliphatic carbocycles. The monoisotopic (exact) mass is 275 g/mol. The Labute approximate surface area is 101 Å². The maximum Gasteiger partial charge on any atom is 0.471 e. The summed E-state index contributed by atoms with van der Waals surface area (Å²) in [4.78, 5) is 25.3. The van der Waals surface area contributed by atoms with Gasteiger partial charge < -0.3 is 10.4 Å². The van der Waals surface area contributed by atoms with Crippen molar-refractivity contribution in [3.05, 3.63) is 18.1 Å². The molecule has 1 amide bonds. The molecule has 2 aromatic heterocycles. The number of hydrogen-bond acceptors (Lipinski definition) is 5. The van der Waals surface area contributed by atoms with Gasteiger partial charge in [0.2, 0.25) is 0 Å². The maximum atomic E-state index is 12.2. The number of carbonyl (C=O) groups excluding carboxylic acids is 1. The van der Waals surface area contributed by atoms with Crippen LogP contribution in [0, 0.1) is 0 Å². The third-order valence-electron chi connectivity index (χ3n) is 2.05. The van der Waals surface area contributed by atoms with Crippen LogP contribution in [0.3, 0.4) is 0 Å². The van der Waals surface area contributed by atoms with Gasteiger partial charge in [-0.05, 0) is 0 Å². The van der Waals surface area contributed by atoms with Crippen molar-refractivity contribution in [3.8, 4) is 0 Å². The SMILES string of the molecule is O=C(O)c1cnc2nncn2c1NC(=O)C(F)(F)F. The highest BCUT2D eigenvalue weighted by Crippen LogP contribution is 2.21. The molecule has 2 N–H and O–H groups in total. The van der Waals surface area contributed by atoms with Gasteiger partial charge in [-0.1, -0.05) is 0 Å². The van der Waals surface area contributed by atoms with Gasteiger partial charge in [0.05, 0.1) is 0 Å². The lowest BCUT2D eigenvalue weighted by atomic mass is 10.3. The number of carboxylic acids is 1. The number of halogens is 3. The number of aromatic nitrogens is 4. The summed E-state index contributed by atoms with van der Waals surface area (Å²) in [5, 5.41) is 17.1. The number of hydrogen-bond donors (Lipinski definition) is 2. The van der Waals surface area contributed by atoms with E-state index in [0.717, 1.165) is 16.9 Å². The summed E-state index contributed by atoms with van der Waals surface area (Å²) < 4.78 is 37.4. The van der Waals surface area contributed by atoms with Crippen LogP contribution in [0.2, 0.25) is 0 Å². The quantitative estimate of drug-likeness (QED) is 0.817. The Kier molecular flexibility index (Phi) is 2.81. The fraction of sp³-hybridized carbons (Fsp3) is 0.125. The van der Waals surface area contributed by atoms with Gasteiger partial charge in [-0.25, -0.2) is 9.78 Å². The van der Waals surface area contributed by atoms with Crippen LogP contribution < -0.4 is 5.32 Å². The zero-order valence-corrected chi connectivity index (χ0v) is 8.84. The topological polar surface area (TPSA) is 109 Å². The Hall–Kier alpha value is -2.72. The highest BCUT2D eigenvalue weighted by atomic mass is 19.4. The van der Waals surface area contributed by atoms with Crippen LogP contribution >= 0.6 is 0 Å². The van der Waals surface area contributed by atoms with Gasteiger partial charge in [0, 0.05) is 6.20 Å². The van der Waals surface area contributed by atoms with Crippen molar-refractivity contribution < 1.29 is 27.9 Å². The van der Waals surface area contributed by atoms with E-state index in [0.29, 0.717) is 0 Å². The van der Waals surface area contributed by atoms with Crippen LogP contribution in [-0.2, 0) is 4.79 Å². The minimum absolute atomic E-state index is 0.150. The molecule has 2 aromatic rings. The molecule has 0 saturated carbocycles. The van der Waals surface area contributed by atoms with Gasteiger partial charge >= 0.3 is 18.1 Å². The normalized spacial score (nSPS) is 11.5. The molecule has 0 fully saturated rings. The van der Waals surface area contributed by atoms with Crippen LogP contribution in [-0.4, -0.2) is 42.7 Å². The lowest BCUT2D eigenvalue weighted by Crippen LogP contribution is -2.31. The molecule has 0 unspecified atom stereocenters. The molecule has 0 spiro atoms. The number of anilines is 1. The fourth-order valence-electron chi connectivity index (χ4n) is 1.25. The minimum atomic E-state index is -5.15. The number of fused-ring (bicyclic) bond motifs is 1. The Morgan fingerprint density at radius 3 is 2.63 bits per heavy atom. The van der Waals surface area contributed by atoms with E-state index >= 15 is 0 Å². The molecular weight excluding hydrogens is 271 g/mol. The molecule has 0 aromatic carbocycles. The molecule has 11 heteroatoms. The van der Waals surface area contributed by atoms with Crippen LogP contribution in [0.1, 0.15) is 10.4 Å². The Bertz CT molecular complexity index is 665. The average molecular weight is 275 g/mol. The second-order valence-electron chi connectivity index (χ2n) is 3.28. The van der Waals surface area contributed by atoms with Gasteiger partial charge in [-0.15, -0.1) is 10.2 Å². The van der Waals surface area contributed by atoms with Gasteiger partial charge in [0.1, 0.15) is 17.7 Å². The second kappa shape index (κ2) is 4.19. The van der Waals surface area contributed by atoms with Gasteiger partial charge in [-0.2, -0.15) is 13.2 Å². The smallest absolute Gasteiger partial charge is 0.471 e. The summed E-state index contributed by atoms with van der Waals surface area (Å²) in [5.74, 6) is -4.64. The maximum absolute atomic E-state index is 12.2. The molecule has 0 saturated heterocycles. The van der Waals surface area contributed by atoms with Crippen LogP contribution in [0.4, 0.5) is 19.0 Å².